The Kier molecular flexibility index (Phi) is 4.68. The molecule has 1 aliphatic rings. The second-order valence-electron chi connectivity index (χ2n) is 6.90. The molecule has 7 nitrogen and oxygen atoms in total. The van der Waals surface area contributed by atoms with E-state index in [-0.39, 0.29) is 11.9 Å². The summed E-state index contributed by atoms with van der Waals surface area (Å²) in [5.41, 5.74) is 2.80. The molecule has 8 heteroatoms. The van der Waals surface area contributed by atoms with Gasteiger partial charge < -0.3 is 19.9 Å². The predicted molar refractivity (Wildman–Crippen MR) is 107 cm³/mol. The molecule has 0 aliphatic carbocycles. The number of aromatic nitrogens is 2. The minimum Gasteiger partial charge on any atom is -0.465 e. The fourth-order valence-electron chi connectivity index (χ4n) is 3.55. The lowest BCUT2D eigenvalue weighted by Gasteiger charge is -2.38. The number of nitrogens with zero attached hydrogens (tertiary/aromatic N) is 3. The number of fused-ring (bicyclic) bond motifs is 1. The molecular weight excluding hydrogens is 380 g/mol. The molecule has 2 amide bonds. The van der Waals surface area contributed by atoms with Crippen molar-refractivity contribution in [3.05, 3.63) is 53.3 Å². The number of carbonyl (C=O) groups is 2. The Morgan fingerprint density at radius 1 is 1.25 bits per heavy atom. The summed E-state index contributed by atoms with van der Waals surface area (Å²) in [7, 11) is 0. The normalized spacial score (nSPS) is 17.1. The van der Waals surface area contributed by atoms with Crippen molar-refractivity contribution >= 4 is 34.5 Å². The second-order valence-corrected chi connectivity index (χ2v) is 7.30. The van der Waals surface area contributed by atoms with E-state index in [4.69, 9.17) is 16.7 Å². The topological polar surface area (TPSA) is 89.5 Å². The molecule has 1 unspecified atom stereocenters. The highest BCUT2D eigenvalue weighted by atomic mass is 35.5. The van der Waals surface area contributed by atoms with Crippen molar-refractivity contribution in [1.29, 1.82) is 0 Å². The number of hydrogen-bond acceptors (Lipinski definition) is 3. The molecule has 0 spiro atoms. The van der Waals surface area contributed by atoms with E-state index < -0.39 is 6.09 Å². The number of carbonyl (C=O) groups excluding carboxylic acids is 1. The lowest BCUT2D eigenvalue weighted by atomic mass is 10.1. The largest absolute Gasteiger partial charge is 0.465 e. The standard InChI is InChI=1S/C20H19ClN4O3/c1-12-11-24(20(27)28)6-7-25(12)19(26)13-2-3-15-16(21)9-17(23-18(15)8-13)14-4-5-22-10-14/h2-5,8-10,12,22H,6-7,11H2,1H3,(H,27,28). The second kappa shape index (κ2) is 7.16. The summed E-state index contributed by atoms with van der Waals surface area (Å²) < 4.78 is 0. The molecule has 2 aromatic heterocycles. The SMILES string of the molecule is CC1CN(C(=O)O)CCN1C(=O)c1ccc2c(Cl)cc(-c3cc[nH]c3)nc2c1. The van der Waals surface area contributed by atoms with Crippen LogP contribution >= 0.6 is 11.6 Å². The number of nitrogens with one attached hydrogen (secondary N) is 1. The van der Waals surface area contributed by atoms with Crippen LogP contribution in [0.25, 0.3) is 22.2 Å². The lowest BCUT2D eigenvalue weighted by molar-refractivity contribution is 0.0484. The number of piperazine rings is 1. The smallest absolute Gasteiger partial charge is 0.407 e. The van der Waals surface area contributed by atoms with Crippen molar-refractivity contribution in [2.75, 3.05) is 19.6 Å². The molecule has 1 aliphatic heterocycles. The summed E-state index contributed by atoms with van der Waals surface area (Å²) in [5, 5.41) is 10.5. The van der Waals surface area contributed by atoms with Gasteiger partial charge in [0.25, 0.3) is 5.91 Å². The molecule has 3 heterocycles. The van der Waals surface area contributed by atoms with Gasteiger partial charge in [-0.2, -0.15) is 0 Å². The minimum absolute atomic E-state index is 0.135. The van der Waals surface area contributed by atoms with Gasteiger partial charge >= 0.3 is 6.09 Å². The highest BCUT2D eigenvalue weighted by molar-refractivity contribution is 6.35. The van der Waals surface area contributed by atoms with Gasteiger partial charge in [0.15, 0.2) is 0 Å². The molecule has 0 bridgehead atoms. The number of pyridine rings is 1. The summed E-state index contributed by atoms with van der Waals surface area (Å²) in [4.78, 5) is 34.9. The number of benzene rings is 1. The third-order valence-corrected chi connectivity index (χ3v) is 5.37. The summed E-state index contributed by atoms with van der Waals surface area (Å²) >= 11 is 6.42. The van der Waals surface area contributed by atoms with Gasteiger partial charge in [-0.15, -0.1) is 0 Å². The first-order valence-corrected chi connectivity index (χ1v) is 9.34. The van der Waals surface area contributed by atoms with Crippen LogP contribution in [0.2, 0.25) is 5.02 Å². The van der Waals surface area contributed by atoms with E-state index in [9.17, 15) is 9.59 Å². The van der Waals surface area contributed by atoms with Gasteiger partial charge in [-0.1, -0.05) is 17.7 Å². The van der Waals surface area contributed by atoms with Gasteiger partial charge in [0, 0.05) is 54.6 Å². The maximum Gasteiger partial charge on any atom is 0.407 e. The molecule has 1 aromatic carbocycles. The number of carboxylic acid groups (broad SMARTS) is 1. The van der Waals surface area contributed by atoms with Crippen molar-refractivity contribution < 1.29 is 14.7 Å². The zero-order valence-corrected chi connectivity index (χ0v) is 16.0. The van der Waals surface area contributed by atoms with E-state index in [0.29, 0.717) is 35.7 Å². The number of amides is 2. The Labute approximate surface area is 166 Å². The van der Waals surface area contributed by atoms with Gasteiger partial charge in [-0.25, -0.2) is 9.78 Å². The molecule has 0 saturated carbocycles. The van der Waals surface area contributed by atoms with E-state index >= 15 is 0 Å². The van der Waals surface area contributed by atoms with Crippen LogP contribution in [0.15, 0.2) is 42.7 Å². The Hall–Kier alpha value is -3.06. The van der Waals surface area contributed by atoms with Gasteiger partial charge in [0.1, 0.15) is 0 Å². The molecule has 1 atom stereocenters. The summed E-state index contributed by atoms with van der Waals surface area (Å²) in [6.07, 6.45) is 2.69. The monoisotopic (exact) mass is 398 g/mol. The summed E-state index contributed by atoms with van der Waals surface area (Å²) in [6, 6.07) is 8.80. The number of hydrogen-bond donors (Lipinski definition) is 2. The van der Waals surface area contributed by atoms with Crippen LogP contribution in [-0.4, -0.2) is 62.6 Å². The zero-order valence-electron chi connectivity index (χ0n) is 15.2. The van der Waals surface area contributed by atoms with Crippen molar-refractivity contribution in [2.45, 2.75) is 13.0 Å². The summed E-state index contributed by atoms with van der Waals surface area (Å²) in [6.45, 7) is 2.83. The van der Waals surface area contributed by atoms with Crippen molar-refractivity contribution in [2.24, 2.45) is 0 Å². The van der Waals surface area contributed by atoms with E-state index in [1.54, 1.807) is 23.1 Å². The average molecular weight is 399 g/mol. The quantitative estimate of drug-likeness (QED) is 0.688. The van der Waals surface area contributed by atoms with Gasteiger partial charge in [0.2, 0.25) is 0 Å². The zero-order chi connectivity index (χ0) is 19.8. The third kappa shape index (κ3) is 3.29. The molecule has 28 heavy (non-hydrogen) atoms. The molecule has 0 radical (unpaired) electrons. The first kappa shape index (κ1) is 18.3. The molecule has 144 valence electrons. The van der Waals surface area contributed by atoms with Crippen LogP contribution in [-0.2, 0) is 0 Å². The first-order valence-electron chi connectivity index (χ1n) is 8.96. The third-order valence-electron chi connectivity index (χ3n) is 5.06. The fourth-order valence-corrected chi connectivity index (χ4v) is 3.81. The van der Waals surface area contributed by atoms with Gasteiger partial charge in [-0.05, 0) is 31.2 Å². The highest BCUT2D eigenvalue weighted by Gasteiger charge is 2.30. The molecule has 1 saturated heterocycles. The van der Waals surface area contributed by atoms with Gasteiger partial charge in [0.05, 0.1) is 16.2 Å². The first-order chi connectivity index (χ1) is 13.4. The van der Waals surface area contributed by atoms with Crippen LogP contribution in [0.1, 0.15) is 17.3 Å². The van der Waals surface area contributed by atoms with Crippen molar-refractivity contribution in [1.82, 2.24) is 19.8 Å². The molecule has 2 N–H and O–H groups in total. The van der Waals surface area contributed by atoms with E-state index in [1.165, 1.54) is 4.90 Å². The molecular formula is C20H19ClN4O3. The lowest BCUT2D eigenvalue weighted by Crippen LogP contribution is -2.55. The van der Waals surface area contributed by atoms with Crippen LogP contribution in [0.3, 0.4) is 0 Å². The maximum atomic E-state index is 13.0. The van der Waals surface area contributed by atoms with Crippen LogP contribution < -0.4 is 0 Å². The molecule has 1 fully saturated rings. The number of H-pyrrole nitrogens is 1. The molecule has 4 rings (SSSR count). The number of halogens is 1. The van der Waals surface area contributed by atoms with Crippen molar-refractivity contribution in [3.8, 4) is 11.3 Å². The summed E-state index contributed by atoms with van der Waals surface area (Å²) in [5.74, 6) is -0.135. The highest BCUT2D eigenvalue weighted by Crippen LogP contribution is 2.29. The maximum absolute atomic E-state index is 13.0. The minimum atomic E-state index is -0.958. The fraction of sp³-hybridized carbons (Fsp3) is 0.250. The number of rotatable bonds is 2. The molecule has 3 aromatic rings. The Bertz CT molecular complexity index is 1050. The van der Waals surface area contributed by atoms with Crippen LogP contribution in [0, 0.1) is 0 Å². The van der Waals surface area contributed by atoms with E-state index in [2.05, 4.69) is 9.97 Å². The van der Waals surface area contributed by atoms with Crippen LogP contribution in [0.5, 0.6) is 0 Å². The van der Waals surface area contributed by atoms with Crippen LogP contribution in [0.4, 0.5) is 4.79 Å². The predicted octanol–water partition coefficient (Wildman–Crippen LogP) is 3.71. The Morgan fingerprint density at radius 2 is 2.07 bits per heavy atom. The average Bonchev–Trinajstić information content (AvgIpc) is 3.21. The van der Waals surface area contributed by atoms with Gasteiger partial charge in [-0.3, -0.25) is 4.79 Å². The van der Waals surface area contributed by atoms with E-state index in [0.717, 1.165) is 16.6 Å². The van der Waals surface area contributed by atoms with E-state index in [1.807, 2.05) is 31.5 Å². The Morgan fingerprint density at radius 3 is 2.75 bits per heavy atom. The number of aromatic amines is 1. The Balaban J connectivity index is 1.65. The van der Waals surface area contributed by atoms with Crippen molar-refractivity contribution in [3.63, 3.8) is 0 Å².